The fraction of sp³-hybridized carbons (Fsp3) is 0.125. The normalized spacial score (nSPS) is 10.2. The molecule has 7 nitrogen and oxygen atoms in total. The Bertz CT molecular complexity index is 854. The zero-order valence-electron chi connectivity index (χ0n) is 12.9. The van der Waals surface area contributed by atoms with E-state index in [9.17, 15) is 28.5 Å². The van der Waals surface area contributed by atoms with Crippen LogP contribution >= 0.6 is 0 Å². The number of anilines is 1. The van der Waals surface area contributed by atoms with Gasteiger partial charge in [0.1, 0.15) is 11.6 Å². The Balaban J connectivity index is 1.97. The second-order valence-corrected chi connectivity index (χ2v) is 5.01. The highest BCUT2D eigenvalue weighted by atomic mass is 19.1. The van der Waals surface area contributed by atoms with Crippen molar-refractivity contribution in [3.05, 3.63) is 69.3 Å². The molecule has 0 aliphatic carbocycles. The van der Waals surface area contributed by atoms with Crippen molar-refractivity contribution in [2.75, 3.05) is 11.9 Å². The molecule has 25 heavy (non-hydrogen) atoms. The number of nitrogens with zero attached hydrogens (tertiary/aromatic N) is 1. The summed E-state index contributed by atoms with van der Waals surface area (Å²) in [6.07, 6.45) is 0. The van der Waals surface area contributed by atoms with Crippen molar-refractivity contribution in [3.63, 3.8) is 0 Å². The molecule has 2 aromatic rings. The summed E-state index contributed by atoms with van der Waals surface area (Å²) < 4.78 is 31.2. The Morgan fingerprint density at radius 3 is 2.56 bits per heavy atom. The fourth-order valence-electron chi connectivity index (χ4n) is 1.98. The zero-order chi connectivity index (χ0) is 18.6. The molecule has 0 unspecified atom stereocenters. The standard InChI is InChI=1S/C16H12F2N2O5/c1-9-6-10(2-5-14(9)20(23)24)16(22)25-8-15(21)19-13-7-11(17)3-4-12(13)18/h2-7H,8H2,1H3,(H,19,21). The van der Waals surface area contributed by atoms with Gasteiger partial charge in [0.2, 0.25) is 0 Å². The first-order valence-corrected chi connectivity index (χ1v) is 6.95. The monoisotopic (exact) mass is 350 g/mol. The molecule has 0 atom stereocenters. The van der Waals surface area contributed by atoms with Crippen LogP contribution in [0.25, 0.3) is 0 Å². The van der Waals surface area contributed by atoms with E-state index in [-0.39, 0.29) is 22.5 Å². The number of benzene rings is 2. The number of carbonyl (C=O) groups excluding carboxylic acids is 2. The molecule has 0 bridgehead atoms. The third kappa shape index (κ3) is 4.56. The Morgan fingerprint density at radius 2 is 1.92 bits per heavy atom. The number of carbonyl (C=O) groups is 2. The summed E-state index contributed by atoms with van der Waals surface area (Å²) in [5, 5.41) is 12.8. The highest BCUT2D eigenvalue weighted by Crippen LogP contribution is 2.19. The zero-order valence-corrected chi connectivity index (χ0v) is 12.9. The minimum absolute atomic E-state index is 0.0211. The van der Waals surface area contributed by atoms with E-state index in [2.05, 4.69) is 5.32 Å². The van der Waals surface area contributed by atoms with Gasteiger partial charge in [0, 0.05) is 17.7 Å². The van der Waals surface area contributed by atoms with Crippen LogP contribution in [0.2, 0.25) is 0 Å². The minimum atomic E-state index is -0.882. The van der Waals surface area contributed by atoms with Gasteiger partial charge in [0.25, 0.3) is 11.6 Å². The number of ether oxygens (including phenoxy) is 1. The Morgan fingerprint density at radius 1 is 1.20 bits per heavy atom. The quantitative estimate of drug-likeness (QED) is 0.508. The van der Waals surface area contributed by atoms with E-state index in [1.807, 2.05) is 0 Å². The van der Waals surface area contributed by atoms with E-state index >= 15 is 0 Å². The first-order valence-electron chi connectivity index (χ1n) is 6.95. The summed E-state index contributed by atoms with van der Waals surface area (Å²) in [5.74, 6) is -3.33. The van der Waals surface area contributed by atoms with E-state index in [4.69, 9.17) is 4.74 Å². The Labute approximate surface area is 140 Å². The summed E-state index contributed by atoms with van der Waals surface area (Å²) in [6, 6.07) is 6.11. The molecule has 0 fully saturated rings. The third-order valence-corrected chi connectivity index (χ3v) is 3.17. The van der Waals surface area contributed by atoms with Crippen LogP contribution in [0.5, 0.6) is 0 Å². The number of esters is 1. The summed E-state index contributed by atoms with van der Waals surface area (Å²) >= 11 is 0. The SMILES string of the molecule is Cc1cc(C(=O)OCC(=O)Nc2cc(F)ccc2F)ccc1[N+](=O)[O-]. The van der Waals surface area contributed by atoms with Crippen molar-refractivity contribution in [1.82, 2.24) is 0 Å². The smallest absolute Gasteiger partial charge is 0.338 e. The number of halogens is 2. The largest absolute Gasteiger partial charge is 0.452 e. The number of nitro groups is 1. The van der Waals surface area contributed by atoms with Crippen molar-refractivity contribution in [1.29, 1.82) is 0 Å². The van der Waals surface area contributed by atoms with Gasteiger partial charge >= 0.3 is 5.97 Å². The number of aryl methyl sites for hydroxylation is 1. The summed E-state index contributed by atoms with van der Waals surface area (Å²) in [7, 11) is 0. The number of nitrogens with one attached hydrogen (secondary N) is 1. The Kier molecular flexibility index (Phi) is 5.38. The lowest BCUT2D eigenvalue weighted by Crippen LogP contribution is -2.21. The van der Waals surface area contributed by atoms with E-state index in [1.54, 1.807) is 0 Å². The topological polar surface area (TPSA) is 98.5 Å². The molecule has 0 spiro atoms. The average Bonchev–Trinajstić information content (AvgIpc) is 2.55. The van der Waals surface area contributed by atoms with E-state index < -0.39 is 35.0 Å². The number of hydrogen-bond acceptors (Lipinski definition) is 5. The minimum Gasteiger partial charge on any atom is -0.452 e. The van der Waals surface area contributed by atoms with Crippen molar-refractivity contribution in [2.45, 2.75) is 6.92 Å². The predicted octanol–water partition coefficient (Wildman–Crippen LogP) is 2.98. The first-order chi connectivity index (χ1) is 11.8. The van der Waals surface area contributed by atoms with Crippen LogP contribution in [-0.2, 0) is 9.53 Å². The van der Waals surface area contributed by atoms with Gasteiger partial charge in [-0.05, 0) is 31.2 Å². The van der Waals surface area contributed by atoms with E-state index in [1.165, 1.54) is 19.1 Å². The number of amides is 1. The van der Waals surface area contributed by atoms with Crippen LogP contribution in [0, 0.1) is 28.7 Å². The Hall–Kier alpha value is -3.36. The third-order valence-electron chi connectivity index (χ3n) is 3.17. The van der Waals surface area contributed by atoms with Gasteiger partial charge in [0.05, 0.1) is 16.2 Å². The lowest BCUT2D eigenvalue weighted by Gasteiger charge is -2.08. The molecule has 0 aliphatic rings. The highest BCUT2D eigenvalue weighted by molar-refractivity contribution is 5.95. The van der Waals surface area contributed by atoms with E-state index in [0.717, 1.165) is 24.3 Å². The summed E-state index contributed by atoms with van der Waals surface area (Å²) in [5.41, 5.74) is -0.262. The molecule has 0 radical (unpaired) electrons. The average molecular weight is 350 g/mol. The highest BCUT2D eigenvalue weighted by Gasteiger charge is 2.16. The van der Waals surface area contributed by atoms with Crippen molar-refractivity contribution in [2.24, 2.45) is 0 Å². The maximum absolute atomic E-state index is 13.4. The molecule has 1 N–H and O–H groups in total. The van der Waals surface area contributed by atoms with Crippen LogP contribution in [0.15, 0.2) is 36.4 Å². The van der Waals surface area contributed by atoms with E-state index in [0.29, 0.717) is 0 Å². The number of hydrogen-bond donors (Lipinski definition) is 1. The van der Waals surface area contributed by atoms with Gasteiger partial charge in [-0.3, -0.25) is 14.9 Å². The maximum Gasteiger partial charge on any atom is 0.338 e. The summed E-state index contributed by atoms with van der Waals surface area (Å²) in [6.45, 7) is 0.721. The lowest BCUT2D eigenvalue weighted by molar-refractivity contribution is -0.385. The number of nitro benzene ring substituents is 1. The molecule has 1 amide bonds. The van der Waals surface area contributed by atoms with Crippen LogP contribution in [0.3, 0.4) is 0 Å². The molecule has 9 heteroatoms. The van der Waals surface area contributed by atoms with Gasteiger partial charge in [-0.1, -0.05) is 0 Å². The first kappa shape index (κ1) is 18.0. The van der Waals surface area contributed by atoms with Crippen molar-refractivity contribution < 1.29 is 28.0 Å². The van der Waals surface area contributed by atoms with Gasteiger partial charge in [-0.2, -0.15) is 0 Å². The molecule has 0 heterocycles. The molecule has 2 aromatic carbocycles. The van der Waals surface area contributed by atoms with Crippen LogP contribution in [0.4, 0.5) is 20.2 Å². The second-order valence-electron chi connectivity index (χ2n) is 5.01. The van der Waals surface area contributed by atoms with Gasteiger partial charge in [-0.15, -0.1) is 0 Å². The summed E-state index contributed by atoms with van der Waals surface area (Å²) in [4.78, 5) is 33.6. The molecule has 0 saturated heterocycles. The van der Waals surface area contributed by atoms with Gasteiger partial charge < -0.3 is 10.1 Å². The molecular weight excluding hydrogens is 338 g/mol. The maximum atomic E-state index is 13.4. The van der Waals surface area contributed by atoms with Crippen LogP contribution < -0.4 is 5.32 Å². The van der Waals surface area contributed by atoms with Crippen LogP contribution in [0.1, 0.15) is 15.9 Å². The molecule has 130 valence electrons. The molecule has 0 saturated carbocycles. The molecular formula is C16H12F2N2O5. The fourth-order valence-corrected chi connectivity index (χ4v) is 1.98. The number of rotatable bonds is 5. The van der Waals surface area contributed by atoms with Crippen molar-refractivity contribution >= 4 is 23.3 Å². The lowest BCUT2D eigenvalue weighted by atomic mass is 10.1. The van der Waals surface area contributed by atoms with Crippen LogP contribution in [-0.4, -0.2) is 23.4 Å². The molecule has 0 aromatic heterocycles. The second kappa shape index (κ2) is 7.47. The van der Waals surface area contributed by atoms with Gasteiger partial charge in [-0.25, -0.2) is 13.6 Å². The van der Waals surface area contributed by atoms with Crippen molar-refractivity contribution in [3.8, 4) is 0 Å². The predicted molar refractivity (Wildman–Crippen MR) is 83.1 cm³/mol. The molecule has 0 aliphatic heterocycles. The van der Waals surface area contributed by atoms with Gasteiger partial charge in [0.15, 0.2) is 6.61 Å². The molecule has 2 rings (SSSR count).